The maximum atomic E-state index is 8.33. The highest BCUT2D eigenvalue weighted by Crippen LogP contribution is 1.91. The summed E-state index contributed by atoms with van der Waals surface area (Å²) >= 11 is 0. The van der Waals surface area contributed by atoms with Gasteiger partial charge in [0.05, 0.1) is 6.04 Å². The highest BCUT2D eigenvalue weighted by molar-refractivity contribution is 5.84. The largest absolute Gasteiger partial charge is 0.409 e. The molecule has 0 aromatic carbocycles. The van der Waals surface area contributed by atoms with E-state index >= 15 is 0 Å². The molecule has 0 rings (SSSR count). The lowest BCUT2D eigenvalue weighted by atomic mass is 10.2. The zero-order valence-electron chi connectivity index (χ0n) is 7.41. The van der Waals surface area contributed by atoms with Crippen molar-refractivity contribution in [2.75, 3.05) is 0 Å². The second-order valence-corrected chi connectivity index (χ2v) is 2.72. The number of nitrogens with two attached hydrogens (primary N) is 1. The van der Waals surface area contributed by atoms with Crippen LogP contribution >= 0.6 is 0 Å². The van der Waals surface area contributed by atoms with Gasteiger partial charge in [0.25, 0.3) is 0 Å². The Morgan fingerprint density at radius 2 is 2.33 bits per heavy atom. The van der Waals surface area contributed by atoms with Crippen molar-refractivity contribution in [1.82, 2.24) is 5.32 Å². The van der Waals surface area contributed by atoms with Crippen LogP contribution in [0.15, 0.2) is 5.16 Å². The third kappa shape index (κ3) is 3.84. The van der Waals surface area contributed by atoms with Crippen LogP contribution in [0.25, 0.3) is 0 Å². The number of oxime groups is 1. The van der Waals surface area contributed by atoms with Gasteiger partial charge in [-0.3, -0.25) is 0 Å². The van der Waals surface area contributed by atoms with Gasteiger partial charge in [-0.1, -0.05) is 5.16 Å². The van der Waals surface area contributed by atoms with Crippen molar-refractivity contribution >= 4 is 5.84 Å². The van der Waals surface area contributed by atoms with Crippen molar-refractivity contribution in [2.45, 2.75) is 32.4 Å². The number of terminal acetylenes is 1. The van der Waals surface area contributed by atoms with E-state index in [9.17, 15) is 0 Å². The molecule has 68 valence electrons. The molecule has 0 heterocycles. The molecule has 2 atom stereocenters. The van der Waals surface area contributed by atoms with E-state index in [1.165, 1.54) is 0 Å². The standard InChI is InChI=1S/C8H15N3O/c1-4-5-6(2)10-7(3)8(9)11-12/h1,6-7,10,12H,5H2,2-3H3,(H2,9,11). The minimum atomic E-state index is -0.154. The van der Waals surface area contributed by atoms with Crippen LogP contribution in [0.5, 0.6) is 0 Å². The summed E-state index contributed by atoms with van der Waals surface area (Å²) in [6, 6.07) is 0.0173. The number of rotatable bonds is 4. The summed E-state index contributed by atoms with van der Waals surface area (Å²) in [5, 5.41) is 14.3. The van der Waals surface area contributed by atoms with E-state index < -0.39 is 0 Å². The predicted octanol–water partition coefficient (Wildman–Crippen LogP) is 0.123. The van der Waals surface area contributed by atoms with Gasteiger partial charge < -0.3 is 16.3 Å². The van der Waals surface area contributed by atoms with Crippen LogP contribution in [0, 0.1) is 12.3 Å². The molecular weight excluding hydrogens is 154 g/mol. The Morgan fingerprint density at radius 1 is 1.75 bits per heavy atom. The molecule has 0 bridgehead atoms. The first-order chi connectivity index (χ1) is 5.61. The van der Waals surface area contributed by atoms with Crippen LogP contribution < -0.4 is 11.1 Å². The molecule has 0 aliphatic rings. The zero-order chi connectivity index (χ0) is 9.56. The quantitative estimate of drug-likeness (QED) is 0.184. The van der Waals surface area contributed by atoms with E-state index in [-0.39, 0.29) is 17.9 Å². The maximum absolute atomic E-state index is 8.33. The Hall–Kier alpha value is -1.21. The molecule has 0 saturated carbocycles. The average Bonchev–Trinajstić information content (AvgIpc) is 2.03. The fraction of sp³-hybridized carbons (Fsp3) is 0.625. The van der Waals surface area contributed by atoms with Gasteiger partial charge in [-0.25, -0.2) is 0 Å². The highest BCUT2D eigenvalue weighted by Gasteiger charge is 2.09. The first-order valence-corrected chi connectivity index (χ1v) is 3.78. The summed E-state index contributed by atoms with van der Waals surface area (Å²) < 4.78 is 0. The Morgan fingerprint density at radius 3 is 2.75 bits per heavy atom. The predicted molar refractivity (Wildman–Crippen MR) is 48.9 cm³/mol. The van der Waals surface area contributed by atoms with Crippen LogP contribution in [0.2, 0.25) is 0 Å². The summed E-state index contributed by atoms with van der Waals surface area (Å²) in [7, 11) is 0. The molecule has 0 fully saturated rings. The molecule has 0 spiro atoms. The number of amidine groups is 1. The Balaban J connectivity index is 3.85. The third-order valence-electron chi connectivity index (χ3n) is 1.52. The summed E-state index contributed by atoms with van der Waals surface area (Å²) in [5.74, 6) is 2.69. The smallest absolute Gasteiger partial charge is 0.156 e. The van der Waals surface area contributed by atoms with Gasteiger partial charge in [0.15, 0.2) is 5.84 Å². The molecule has 0 radical (unpaired) electrons. The maximum Gasteiger partial charge on any atom is 0.156 e. The SMILES string of the molecule is C#CCC(C)NC(C)C(N)=NO. The van der Waals surface area contributed by atoms with Crippen molar-refractivity contribution in [3.8, 4) is 12.3 Å². The van der Waals surface area contributed by atoms with Crippen molar-refractivity contribution in [2.24, 2.45) is 10.9 Å². The van der Waals surface area contributed by atoms with E-state index in [4.69, 9.17) is 17.4 Å². The molecule has 2 unspecified atom stereocenters. The molecule has 12 heavy (non-hydrogen) atoms. The van der Waals surface area contributed by atoms with Gasteiger partial charge >= 0.3 is 0 Å². The van der Waals surface area contributed by atoms with Gasteiger partial charge in [-0.05, 0) is 13.8 Å². The molecule has 4 nitrogen and oxygen atoms in total. The van der Waals surface area contributed by atoms with Crippen molar-refractivity contribution in [1.29, 1.82) is 0 Å². The first-order valence-electron chi connectivity index (χ1n) is 3.78. The summed E-state index contributed by atoms with van der Waals surface area (Å²) in [5.41, 5.74) is 5.35. The van der Waals surface area contributed by atoms with Crippen LogP contribution in [-0.4, -0.2) is 23.1 Å². The average molecular weight is 169 g/mol. The molecular formula is C8H15N3O. The normalized spacial score (nSPS) is 16.6. The number of nitrogens with one attached hydrogen (secondary N) is 1. The van der Waals surface area contributed by atoms with Gasteiger partial charge in [-0.2, -0.15) is 0 Å². The zero-order valence-corrected chi connectivity index (χ0v) is 7.41. The molecule has 4 N–H and O–H groups in total. The second-order valence-electron chi connectivity index (χ2n) is 2.72. The second kappa shape index (κ2) is 5.44. The lowest BCUT2D eigenvalue weighted by Crippen LogP contribution is -2.43. The molecule has 4 heteroatoms. The number of nitrogens with zero attached hydrogens (tertiary/aromatic N) is 1. The topological polar surface area (TPSA) is 70.6 Å². The summed E-state index contributed by atoms with van der Waals surface area (Å²) in [6.07, 6.45) is 5.74. The van der Waals surface area contributed by atoms with E-state index in [0.717, 1.165) is 0 Å². The van der Waals surface area contributed by atoms with E-state index in [0.29, 0.717) is 6.42 Å². The monoisotopic (exact) mass is 169 g/mol. The van der Waals surface area contributed by atoms with E-state index in [1.54, 1.807) is 0 Å². The highest BCUT2D eigenvalue weighted by atomic mass is 16.4. The fourth-order valence-electron chi connectivity index (χ4n) is 0.834. The fourth-order valence-corrected chi connectivity index (χ4v) is 0.834. The Labute approximate surface area is 72.8 Å². The Bertz CT molecular complexity index is 195. The molecule has 0 saturated heterocycles. The van der Waals surface area contributed by atoms with E-state index in [1.807, 2.05) is 13.8 Å². The molecule has 0 aliphatic heterocycles. The summed E-state index contributed by atoms with van der Waals surface area (Å²) in [6.45, 7) is 3.75. The lowest BCUT2D eigenvalue weighted by Gasteiger charge is -2.16. The van der Waals surface area contributed by atoms with Crippen molar-refractivity contribution < 1.29 is 5.21 Å². The third-order valence-corrected chi connectivity index (χ3v) is 1.52. The molecule has 0 aromatic rings. The molecule has 0 aliphatic carbocycles. The van der Waals surface area contributed by atoms with Crippen LogP contribution in [0.1, 0.15) is 20.3 Å². The van der Waals surface area contributed by atoms with Crippen molar-refractivity contribution in [3.63, 3.8) is 0 Å². The van der Waals surface area contributed by atoms with Gasteiger partial charge in [-0.15, -0.1) is 12.3 Å². The van der Waals surface area contributed by atoms with Crippen molar-refractivity contribution in [3.05, 3.63) is 0 Å². The minimum absolute atomic E-state index is 0.154. The lowest BCUT2D eigenvalue weighted by molar-refractivity contribution is 0.314. The number of hydrogen-bond donors (Lipinski definition) is 3. The molecule has 0 amide bonds. The van der Waals surface area contributed by atoms with Gasteiger partial charge in [0.2, 0.25) is 0 Å². The van der Waals surface area contributed by atoms with Gasteiger partial charge in [0, 0.05) is 12.5 Å². The van der Waals surface area contributed by atoms with Gasteiger partial charge in [0.1, 0.15) is 0 Å². The first kappa shape index (κ1) is 10.8. The number of hydrogen-bond acceptors (Lipinski definition) is 3. The van der Waals surface area contributed by atoms with E-state index in [2.05, 4.69) is 16.4 Å². The summed E-state index contributed by atoms with van der Waals surface area (Å²) in [4.78, 5) is 0. The minimum Gasteiger partial charge on any atom is -0.409 e. The molecule has 0 aromatic heterocycles. The van der Waals surface area contributed by atoms with Crippen LogP contribution in [-0.2, 0) is 0 Å². The van der Waals surface area contributed by atoms with Crippen LogP contribution in [0.4, 0.5) is 0 Å². The Kier molecular flexibility index (Phi) is 4.89. The van der Waals surface area contributed by atoms with Crippen LogP contribution in [0.3, 0.4) is 0 Å².